The van der Waals surface area contributed by atoms with Gasteiger partial charge in [-0.3, -0.25) is 20.4 Å². The fourth-order valence-corrected chi connectivity index (χ4v) is 1.15. The van der Waals surface area contributed by atoms with Crippen molar-refractivity contribution in [3.05, 3.63) is 29.3 Å². The Balaban J connectivity index is 2.24. The summed E-state index contributed by atoms with van der Waals surface area (Å²) in [6.45, 7) is -0.340. The molecule has 0 aromatic heterocycles. The minimum absolute atomic E-state index is 0.127. The van der Waals surface area contributed by atoms with Crippen LogP contribution in [0.1, 0.15) is 0 Å². The lowest BCUT2D eigenvalue weighted by molar-refractivity contribution is -0.131. The molecule has 18 heavy (non-hydrogen) atoms. The monoisotopic (exact) mass is 272 g/mol. The first-order chi connectivity index (χ1) is 8.61. The van der Waals surface area contributed by atoms with Crippen LogP contribution in [0.5, 0.6) is 5.75 Å². The van der Waals surface area contributed by atoms with E-state index in [2.05, 4.69) is 15.6 Å². The summed E-state index contributed by atoms with van der Waals surface area (Å²) in [5, 5.41) is 0.582. The molecule has 0 heterocycles. The highest BCUT2D eigenvalue weighted by atomic mass is 35.5. The number of ether oxygens (including phenoxy) is 2. The van der Waals surface area contributed by atoms with Crippen molar-refractivity contribution in [1.82, 2.24) is 10.9 Å². The van der Waals surface area contributed by atoms with E-state index >= 15 is 0 Å². The van der Waals surface area contributed by atoms with Gasteiger partial charge in [-0.2, -0.15) is 0 Å². The van der Waals surface area contributed by atoms with E-state index in [1.165, 1.54) is 7.11 Å². The van der Waals surface area contributed by atoms with E-state index in [-0.39, 0.29) is 13.2 Å². The molecule has 98 valence electrons. The fraction of sp³-hybridized carbons (Fsp3) is 0.273. The van der Waals surface area contributed by atoms with Crippen molar-refractivity contribution in [1.29, 1.82) is 0 Å². The second-order valence-corrected chi connectivity index (χ2v) is 3.71. The normalized spacial score (nSPS) is 9.67. The number of hydrogen-bond acceptors (Lipinski definition) is 4. The second kappa shape index (κ2) is 7.52. The molecule has 0 aliphatic rings. The van der Waals surface area contributed by atoms with Crippen LogP contribution in [0.15, 0.2) is 24.3 Å². The molecule has 0 unspecified atom stereocenters. The van der Waals surface area contributed by atoms with Gasteiger partial charge in [0.25, 0.3) is 11.8 Å². The third-order valence-corrected chi connectivity index (χ3v) is 2.05. The Hall–Kier alpha value is -1.79. The summed E-state index contributed by atoms with van der Waals surface area (Å²) in [5.41, 5.74) is 4.34. The molecule has 0 radical (unpaired) electrons. The van der Waals surface area contributed by atoms with E-state index < -0.39 is 11.8 Å². The number of benzene rings is 1. The van der Waals surface area contributed by atoms with Crippen molar-refractivity contribution >= 4 is 23.4 Å². The molecular formula is C11H13ClN2O4. The number of nitrogens with one attached hydrogen (secondary N) is 2. The largest absolute Gasteiger partial charge is 0.484 e. The van der Waals surface area contributed by atoms with Gasteiger partial charge >= 0.3 is 0 Å². The number of amides is 2. The average Bonchev–Trinajstić information content (AvgIpc) is 2.36. The third kappa shape index (κ3) is 5.51. The standard InChI is InChI=1S/C11H13ClN2O4/c1-17-6-10(15)13-14-11(16)7-18-9-4-2-8(12)3-5-9/h2-5H,6-7H2,1H3,(H,13,15)(H,14,16). The maximum atomic E-state index is 11.3. The van der Waals surface area contributed by atoms with Crippen LogP contribution >= 0.6 is 11.6 Å². The summed E-state index contributed by atoms with van der Waals surface area (Å²) >= 11 is 5.69. The molecule has 1 rings (SSSR count). The van der Waals surface area contributed by atoms with Crippen LogP contribution in [-0.2, 0) is 14.3 Å². The summed E-state index contributed by atoms with van der Waals surface area (Å²) < 4.78 is 9.73. The molecule has 0 saturated carbocycles. The Morgan fingerprint density at radius 3 is 2.22 bits per heavy atom. The molecule has 0 bridgehead atoms. The highest BCUT2D eigenvalue weighted by molar-refractivity contribution is 6.30. The molecule has 0 spiro atoms. The number of rotatable bonds is 5. The first-order valence-electron chi connectivity index (χ1n) is 5.07. The molecule has 1 aromatic carbocycles. The first kappa shape index (κ1) is 14.3. The summed E-state index contributed by atoms with van der Waals surface area (Å²) in [6.07, 6.45) is 0. The van der Waals surface area contributed by atoms with Crippen LogP contribution in [0.2, 0.25) is 5.02 Å². The molecule has 0 saturated heterocycles. The van der Waals surface area contributed by atoms with Gasteiger partial charge < -0.3 is 9.47 Å². The van der Waals surface area contributed by atoms with E-state index in [1.807, 2.05) is 0 Å². The Bertz CT molecular complexity index is 408. The Kier molecular flexibility index (Phi) is 5.96. The van der Waals surface area contributed by atoms with Gasteiger partial charge in [-0.05, 0) is 24.3 Å². The summed E-state index contributed by atoms with van der Waals surface area (Å²) in [4.78, 5) is 22.2. The number of hydrazine groups is 1. The number of methoxy groups -OCH3 is 1. The highest BCUT2D eigenvalue weighted by Crippen LogP contribution is 2.15. The summed E-state index contributed by atoms with van der Waals surface area (Å²) in [7, 11) is 1.38. The molecule has 0 atom stereocenters. The minimum atomic E-state index is -0.477. The molecule has 0 aliphatic carbocycles. The van der Waals surface area contributed by atoms with E-state index in [4.69, 9.17) is 16.3 Å². The lowest BCUT2D eigenvalue weighted by atomic mass is 10.3. The number of carbonyl (C=O) groups is 2. The highest BCUT2D eigenvalue weighted by Gasteiger charge is 2.04. The Labute approximate surface area is 109 Å². The van der Waals surface area contributed by atoms with Crippen molar-refractivity contribution in [3.63, 3.8) is 0 Å². The number of halogens is 1. The van der Waals surface area contributed by atoms with Crippen molar-refractivity contribution < 1.29 is 19.1 Å². The molecule has 0 aliphatic heterocycles. The number of hydrogen-bond donors (Lipinski definition) is 2. The lowest BCUT2D eigenvalue weighted by Crippen LogP contribution is -2.45. The average molecular weight is 273 g/mol. The van der Waals surface area contributed by atoms with E-state index in [9.17, 15) is 9.59 Å². The predicted molar refractivity (Wildman–Crippen MR) is 65.1 cm³/mol. The minimum Gasteiger partial charge on any atom is -0.484 e. The molecular weight excluding hydrogens is 260 g/mol. The Morgan fingerprint density at radius 1 is 1.11 bits per heavy atom. The third-order valence-electron chi connectivity index (χ3n) is 1.80. The van der Waals surface area contributed by atoms with E-state index in [1.54, 1.807) is 24.3 Å². The van der Waals surface area contributed by atoms with Gasteiger partial charge in [0.15, 0.2) is 6.61 Å². The molecule has 7 heteroatoms. The van der Waals surface area contributed by atoms with Crippen molar-refractivity contribution in [2.75, 3.05) is 20.3 Å². The second-order valence-electron chi connectivity index (χ2n) is 3.27. The van der Waals surface area contributed by atoms with Gasteiger partial charge in [0, 0.05) is 12.1 Å². The molecule has 1 aromatic rings. The molecule has 2 amide bonds. The zero-order chi connectivity index (χ0) is 13.4. The van der Waals surface area contributed by atoms with E-state index in [0.717, 1.165) is 0 Å². The zero-order valence-corrected chi connectivity index (χ0v) is 10.5. The smallest absolute Gasteiger partial charge is 0.276 e. The topological polar surface area (TPSA) is 76.7 Å². The van der Waals surface area contributed by atoms with E-state index in [0.29, 0.717) is 10.8 Å². The van der Waals surface area contributed by atoms with Crippen molar-refractivity contribution in [2.45, 2.75) is 0 Å². The fourth-order valence-electron chi connectivity index (χ4n) is 1.02. The number of carbonyl (C=O) groups excluding carboxylic acids is 2. The van der Waals surface area contributed by atoms with Gasteiger partial charge in [-0.25, -0.2) is 0 Å². The van der Waals surface area contributed by atoms with Gasteiger partial charge in [0.05, 0.1) is 0 Å². The lowest BCUT2D eigenvalue weighted by Gasteiger charge is -2.08. The zero-order valence-electron chi connectivity index (χ0n) is 9.73. The van der Waals surface area contributed by atoms with Gasteiger partial charge in [0.1, 0.15) is 12.4 Å². The summed E-state index contributed by atoms with van der Waals surface area (Å²) in [6, 6.07) is 6.57. The van der Waals surface area contributed by atoms with Crippen LogP contribution in [0, 0.1) is 0 Å². The first-order valence-corrected chi connectivity index (χ1v) is 5.44. The van der Waals surface area contributed by atoms with Crippen LogP contribution < -0.4 is 15.6 Å². The molecule has 6 nitrogen and oxygen atoms in total. The van der Waals surface area contributed by atoms with Gasteiger partial charge in [-0.15, -0.1) is 0 Å². The summed E-state index contributed by atoms with van der Waals surface area (Å²) in [5.74, 6) is -0.412. The van der Waals surface area contributed by atoms with Crippen molar-refractivity contribution in [3.8, 4) is 5.75 Å². The van der Waals surface area contributed by atoms with Gasteiger partial charge in [-0.1, -0.05) is 11.6 Å². The van der Waals surface area contributed by atoms with Gasteiger partial charge in [0.2, 0.25) is 0 Å². The SMILES string of the molecule is COCC(=O)NNC(=O)COc1ccc(Cl)cc1. The van der Waals surface area contributed by atoms with Crippen LogP contribution in [0.4, 0.5) is 0 Å². The predicted octanol–water partition coefficient (Wildman–Crippen LogP) is 0.513. The van der Waals surface area contributed by atoms with Crippen LogP contribution in [0.3, 0.4) is 0 Å². The quantitative estimate of drug-likeness (QED) is 0.766. The maximum Gasteiger partial charge on any atom is 0.276 e. The van der Waals surface area contributed by atoms with Crippen LogP contribution in [-0.4, -0.2) is 32.1 Å². The molecule has 0 fully saturated rings. The molecule has 2 N–H and O–H groups in total. The maximum absolute atomic E-state index is 11.3. The van der Waals surface area contributed by atoms with Crippen molar-refractivity contribution in [2.24, 2.45) is 0 Å². The van der Waals surface area contributed by atoms with Crippen LogP contribution in [0.25, 0.3) is 0 Å². The Morgan fingerprint density at radius 2 is 1.67 bits per heavy atom.